The minimum atomic E-state index is -0.484. The lowest BCUT2D eigenvalue weighted by molar-refractivity contribution is 0.786. The molecule has 22 heavy (non-hydrogen) atoms. The van der Waals surface area contributed by atoms with Crippen molar-refractivity contribution in [1.29, 1.82) is 0 Å². The van der Waals surface area contributed by atoms with Crippen molar-refractivity contribution in [2.75, 3.05) is 5.43 Å². The van der Waals surface area contributed by atoms with Crippen LogP contribution in [0.15, 0.2) is 30.3 Å². The predicted molar refractivity (Wildman–Crippen MR) is 96.7 cm³/mol. The lowest BCUT2D eigenvalue weighted by Gasteiger charge is -2.21. The maximum Gasteiger partial charge on any atom is 0.133 e. The van der Waals surface area contributed by atoms with Gasteiger partial charge < -0.3 is 5.43 Å². The third-order valence-electron chi connectivity index (χ3n) is 4.33. The molecule has 0 radical (unpaired) electrons. The number of anilines is 1. The molecule has 2 aromatic carbocycles. The zero-order valence-electron chi connectivity index (χ0n) is 13.4. The third-order valence-corrected chi connectivity index (χ3v) is 4.76. The lowest BCUT2D eigenvalue weighted by Crippen LogP contribution is -2.22. The van der Waals surface area contributed by atoms with Gasteiger partial charge in [-0.25, -0.2) is 5.43 Å². The van der Waals surface area contributed by atoms with Gasteiger partial charge in [0.2, 0.25) is 0 Å². The summed E-state index contributed by atoms with van der Waals surface area (Å²) in [5, 5.41) is 0. The SMILES string of the molecule is Cc1c(C)c(C(Cl)Cl)c(C)c(C)c1CNNc1ccccc1. The Morgan fingerprint density at radius 3 is 1.91 bits per heavy atom. The van der Waals surface area contributed by atoms with Crippen molar-refractivity contribution in [3.8, 4) is 0 Å². The summed E-state index contributed by atoms with van der Waals surface area (Å²) >= 11 is 12.3. The van der Waals surface area contributed by atoms with Crippen molar-refractivity contribution in [3.63, 3.8) is 0 Å². The molecule has 0 saturated carbocycles. The van der Waals surface area contributed by atoms with Crippen LogP contribution in [0.1, 0.15) is 38.2 Å². The van der Waals surface area contributed by atoms with Gasteiger partial charge in [-0.15, -0.1) is 23.2 Å². The van der Waals surface area contributed by atoms with Crippen LogP contribution >= 0.6 is 23.2 Å². The Morgan fingerprint density at radius 2 is 1.41 bits per heavy atom. The summed E-state index contributed by atoms with van der Waals surface area (Å²) in [4.78, 5) is -0.484. The number of para-hydroxylation sites is 1. The Kier molecular flexibility index (Phi) is 5.74. The first kappa shape index (κ1) is 17.1. The van der Waals surface area contributed by atoms with Crippen molar-refractivity contribution in [2.45, 2.75) is 39.1 Å². The van der Waals surface area contributed by atoms with Crippen molar-refractivity contribution in [2.24, 2.45) is 0 Å². The summed E-state index contributed by atoms with van der Waals surface area (Å²) in [6.07, 6.45) is 0. The average Bonchev–Trinajstić information content (AvgIpc) is 2.49. The fourth-order valence-electron chi connectivity index (χ4n) is 2.77. The van der Waals surface area contributed by atoms with Gasteiger partial charge in [-0.3, -0.25) is 0 Å². The fourth-order valence-corrected chi connectivity index (χ4v) is 3.42. The van der Waals surface area contributed by atoms with Crippen molar-refractivity contribution in [3.05, 3.63) is 63.7 Å². The first-order valence-electron chi connectivity index (χ1n) is 7.34. The van der Waals surface area contributed by atoms with Crippen molar-refractivity contribution >= 4 is 28.9 Å². The summed E-state index contributed by atoms with van der Waals surface area (Å²) in [5.41, 5.74) is 14.7. The number of rotatable bonds is 5. The van der Waals surface area contributed by atoms with Crippen molar-refractivity contribution in [1.82, 2.24) is 5.43 Å². The quantitative estimate of drug-likeness (QED) is 0.555. The second-order valence-electron chi connectivity index (χ2n) is 5.54. The van der Waals surface area contributed by atoms with E-state index in [0.29, 0.717) is 0 Å². The molecule has 0 bridgehead atoms. The Balaban J connectivity index is 2.21. The van der Waals surface area contributed by atoms with E-state index in [-0.39, 0.29) is 0 Å². The number of hydrogen-bond donors (Lipinski definition) is 2. The zero-order valence-corrected chi connectivity index (χ0v) is 14.9. The number of benzene rings is 2. The van der Waals surface area contributed by atoms with Crippen LogP contribution < -0.4 is 10.9 Å². The Labute approximate surface area is 142 Å². The van der Waals surface area contributed by atoms with Gasteiger partial charge in [-0.05, 0) is 73.2 Å². The summed E-state index contributed by atoms with van der Waals surface area (Å²) in [5.74, 6) is 0. The van der Waals surface area contributed by atoms with Gasteiger partial charge in [0.1, 0.15) is 4.84 Å². The highest BCUT2D eigenvalue weighted by Gasteiger charge is 2.18. The second kappa shape index (κ2) is 7.36. The topological polar surface area (TPSA) is 24.1 Å². The monoisotopic (exact) mass is 336 g/mol. The number of halogens is 2. The van der Waals surface area contributed by atoms with E-state index in [4.69, 9.17) is 23.2 Å². The molecule has 2 nitrogen and oxygen atoms in total. The van der Waals surface area contributed by atoms with Gasteiger partial charge in [0.05, 0.1) is 0 Å². The van der Waals surface area contributed by atoms with Crippen LogP contribution in [0.3, 0.4) is 0 Å². The van der Waals surface area contributed by atoms with Crippen LogP contribution in [-0.2, 0) is 6.54 Å². The van der Waals surface area contributed by atoms with E-state index in [2.05, 4.69) is 38.5 Å². The van der Waals surface area contributed by atoms with Crippen LogP contribution in [0.5, 0.6) is 0 Å². The molecule has 118 valence electrons. The normalized spacial score (nSPS) is 11.0. The minimum Gasteiger partial charge on any atom is -0.321 e. The molecule has 2 rings (SSSR count). The van der Waals surface area contributed by atoms with Gasteiger partial charge in [0.15, 0.2) is 0 Å². The molecule has 0 spiro atoms. The Hall–Kier alpha value is -1.22. The smallest absolute Gasteiger partial charge is 0.133 e. The van der Waals surface area contributed by atoms with E-state index in [1.54, 1.807) is 0 Å². The van der Waals surface area contributed by atoms with Crippen LogP contribution in [0, 0.1) is 27.7 Å². The molecule has 0 unspecified atom stereocenters. The predicted octanol–water partition coefficient (Wildman–Crippen LogP) is 5.51. The van der Waals surface area contributed by atoms with Gasteiger partial charge in [0, 0.05) is 12.2 Å². The van der Waals surface area contributed by atoms with Gasteiger partial charge >= 0.3 is 0 Å². The average molecular weight is 337 g/mol. The van der Waals surface area contributed by atoms with E-state index in [1.165, 1.54) is 27.8 Å². The summed E-state index contributed by atoms with van der Waals surface area (Å²) in [6, 6.07) is 10.1. The standard InChI is InChI=1S/C18H22Cl2N2/c1-11-13(3)17(18(19)20)14(4)12(2)16(11)10-21-22-15-8-6-5-7-9-15/h5-9,18,21-22H,10H2,1-4H3. The maximum absolute atomic E-state index is 6.13. The molecular formula is C18H22Cl2N2. The first-order valence-corrected chi connectivity index (χ1v) is 8.22. The largest absolute Gasteiger partial charge is 0.321 e. The Bertz CT molecular complexity index is 623. The minimum absolute atomic E-state index is 0.484. The highest BCUT2D eigenvalue weighted by Crippen LogP contribution is 2.35. The molecule has 0 aromatic heterocycles. The number of alkyl halides is 2. The molecule has 0 atom stereocenters. The lowest BCUT2D eigenvalue weighted by atomic mass is 9.89. The third kappa shape index (κ3) is 3.57. The first-order chi connectivity index (χ1) is 10.4. The molecule has 0 amide bonds. The molecule has 4 heteroatoms. The van der Waals surface area contributed by atoms with Crippen molar-refractivity contribution < 1.29 is 0 Å². The molecule has 0 aliphatic heterocycles. The summed E-state index contributed by atoms with van der Waals surface area (Å²) < 4.78 is 0. The van der Waals surface area contributed by atoms with Crippen LogP contribution in [0.2, 0.25) is 0 Å². The number of nitrogens with one attached hydrogen (secondary N) is 2. The molecular weight excluding hydrogens is 315 g/mol. The molecule has 0 aliphatic rings. The molecule has 2 N–H and O–H groups in total. The highest BCUT2D eigenvalue weighted by molar-refractivity contribution is 6.44. The zero-order chi connectivity index (χ0) is 16.3. The Morgan fingerprint density at radius 1 is 0.864 bits per heavy atom. The van der Waals surface area contributed by atoms with E-state index >= 15 is 0 Å². The van der Waals surface area contributed by atoms with E-state index in [0.717, 1.165) is 17.8 Å². The molecule has 0 saturated heterocycles. The molecule has 0 heterocycles. The highest BCUT2D eigenvalue weighted by atomic mass is 35.5. The summed E-state index contributed by atoms with van der Waals surface area (Å²) in [7, 11) is 0. The maximum atomic E-state index is 6.13. The van der Waals surface area contributed by atoms with Gasteiger partial charge in [0.25, 0.3) is 0 Å². The van der Waals surface area contributed by atoms with Gasteiger partial charge in [-0.2, -0.15) is 0 Å². The van der Waals surface area contributed by atoms with E-state index in [9.17, 15) is 0 Å². The molecule has 0 aliphatic carbocycles. The molecule has 0 fully saturated rings. The second-order valence-corrected chi connectivity index (χ2v) is 6.63. The van der Waals surface area contributed by atoms with Crippen LogP contribution in [0.25, 0.3) is 0 Å². The molecule has 2 aromatic rings. The fraction of sp³-hybridized carbons (Fsp3) is 0.333. The van der Waals surface area contributed by atoms with E-state index < -0.39 is 4.84 Å². The number of hydrazine groups is 1. The van der Waals surface area contributed by atoms with Crippen LogP contribution in [0.4, 0.5) is 5.69 Å². The number of hydrogen-bond acceptors (Lipinski definition) is 2. The van der Waals surface area contributed by atoms with E-state index in [1.807, 2.05) is 30.3 Å². The van der Waals surface area contributed by atoms with Crippen LogP contribution in [-0.4, -0.2) is 0 Å². The summed E-state index contributed by atoms with van der Waals surface area (Å²) in [6.45, 7) is 9.16. The van der Waals surface area contributed by atoms with Gasteiger partial charge in [-0.1, -0.05) is 18.2 Å².